The number of hydrogen-bond donors (Lipinski definition) is 0. The van der Waals surface area contributed by atoms with Crippen LogP contribution < -0.4 is 0 Å². The number of carbonyl (C=O) groups excluding carboxylic acids is 1. The molecule has 2 rings (SSSR count). The fourth-order valence-corrected chi connectivity index (χ4v) is 3.08. The highest BCUT2D eigenvalue weighted by Crippen LogP contribution is 2.31. The molecule has 0 N–H and O–H groups in total. The van der Waals surface area contributed by atoms with Gasteiger partial charge in [0.1, 0.15) is 6.04 Å². The van der Waals surface area contributed by atoms with Crippen molar-refractivity contribution < 1.29 is 14.3 Å². The van der Waals surface area contributed by atoms with Crippen molar-refractivity contribution in [3.8, 4) is 0 Å². The van der Waals surface area contributed by atoms with Crippen LogP contribution in [0.1, 0.15) is 46.0 Å². The number of ether oxygens (including phenoxy) is 2. The van der Waals surface area contributed by atoms with E-state index in [1.807, 2.05) is 0 Å². The highest BCUT2D eigenvalue weighted by atomic mass is 16.5. The van der Waals surface area contributed by atoms with Gasteiger partial charge in [0, 0.05) is 6.54 Å². The van der Waals surface area contributed by atoms with E-state index in [0.717, 1.165) is 38.8 Å². The number of esters is 1. The van der Waals surface area contributed by atoms with Crippen molar-refractivity contribution in [2.24, 2.45) is 0 Å². The molecule has 2 heterocycles. The standard InChI is InChI=1S/C14H25NO3/c1-14(2)8-7-11(18-14)10-15-9-5-4-6-12(15)13(16)17-3/h11-12H,4-10H2,1-3H3/t11?,12-/m1/s1. The summed E-state index contributed by atoms with van der Waals surface area (Å²) in [5.74, 6) is -0.0908. The monoisotopic (exact) mass is 255 g/mol. The molecule has 0 saturated carbocycles. The van der Waals surface area contributed by atoms with Crippen molar-refractivity contribution in [2.75, 3.05) is 20.2 Å². The number of hydrogen-bond acceptors (Lipinski definition) is 4. The van der Waals surface area contributed by atoms with E-state index in [-0.39, 0.29) is 23.7 Å². The second kappa shape index (κ2) is 5.57. The minimum Gasteiger partial charge on any atom is -0.468 e. The van der Waals surface area contributed by atoms with E-state index in [9.17, 15) is 4.79 Å². The van der Waals surface area contributed by atoms with Gasteiger partial charge in [-0.3, -0.25) is 9.69 Å². The Morgan fingerprint density at radius 3 is 2.78 bits per heavy atom. The molecule has 4 heteroatoms. The van der Waals surface area contributed by atoms with E-state index in [2.05, 4.69) is 18.7 Å². The number of nitrogens with zero attached hydrogens (tertiary/aromatic N) is 1. The van der Waals surface area contributed by atoms with Crippen LogP contribution >= 0.6 is 0 Å². The average Bonchev–Trinajstić information content (AvgIpc) is 2.68. The quantitative estimate of drug-likeness (QED) is 0.723. The van der Waals surface area contributed by atoms with Crippen LogP contribution in [0.5, 0.6) is 0 Å². The molecule has 1 unspecified atom stereocenters. The van der Waals surface area contributed by atoms with Gasteiger partial charge in [-0.2, -0.15) is 0 Å². The Bertz CT molecular complexity index is 303. The summed E-state index contributed by atoms with van der Waals surface area (Å²) >= 11 is 0. The summed E-state index contributed by atoms with van der Waals surface area (Å²) in [6.45, 7) is 6.13. The van der Waals surface area contributed by atoms with E-state index in [1.54, 1.807) is 0 Å². The molecule has 2 saturated heterocycles. The molecule has 0 amide bonds. The van der Waals surface area contributed by atoms with Crippen LogP contribution in [0.15, 0.2) is 0 Å². The molecule has 2 aliphatic heterocycles. The third-order valence-electron chi connectivity index (χ3n) is 4.08. The first-order chi connectivity index (χ1) is 8.52. The van der Waals surface area contributed by atoms with Crippen molar-refractivity contribution >= 4 is 5.97 Å². The lowest BCUT2D eigenvalue weighted by Gasteiger charge is -2.35. The lowest BCUT2D eigenvalue weighted by Crippen LogP contribution is -2.48. The average molecular weight is 255 g/mol. The van der Waals surface area contributed by atoms with E-state index < -0.39 is 0 Å². The lowest BCUT2D eigenvalue weighted by atomic mass is 10.0. The maximum Gasteiger partial charge on any atom is 0.323 e. The van der Waals surface area contributed by atoms with Gasteiger partial charge >= 0.3 is 5.97 Å². The zero-order valence-corrected chi connectivity index (χ0v) is 11.8. The summed E-state index contributed by atoms with van der Waals surface area (Å²) in [5, 5.41) is 0. The van der Waals surface area contributed by atoms with Crippen molar-refractivity contribution in [3.05, 3.63) is 0 Å². The molecule has 0 spiro atoms. The van der Waals surface area contributed by atoms with Gasteiger partial charge in [-0.15, -0.1) is 0 Å². The van der Waals surface area contributed by atoms with Crippen LogP contribution in [0.3, 0.4) is 0 Å². The van der Waals surface area contributed by atoms with E-state index in [0.29, 0.717) is 0 Å². The van der Waals surface area contributed by atoms with Crippen molar-refractivity contribution in [2.45, 2.75) is 63.7 Å². The molecular weight excluding hydrogens is 230 g/mol. The first-order valence-corrected chi connectivity index (χ1v) is 7.01. The Kier molecular flexibility index (Phi) is 4.28. The minimum absolute atomic E-state index is 0.00121. The number of carbonyl (C=O) groups is 1. The molecule has 2 atom stereocenters. The van der Waals surface area contributed by atoms with Gasteiger partial charge in [0.05, 0.1) is 18.8 Å². The summed E-state index contributed by atoms with van der Waals surface area (Å²) in [6, 6.07) is -0.0592. The molecule has 2 fully saturated rings. The molecule has 104 valence electrons. The van der Waals surface area contributed by atoms with E-state index in [4.69, 9.17) is 9.47 Å². The van der Waals surface area contributed by atoms with Crippen LogP contribution in [-0.2, 0) is 14.3 Å². The SMILES string of the molecule is COC(=O)[C@H]1CCCCN1CC1CCC(C)(C)O1. The number of rotatable bonds is 3. The van der Waals surface area contributed by atoms with Crippen molar-refractivity contribution in [3.63, 3.8) is 0 Å². The Labute approximate surface area is 110 Å². The second-order valence-corrected chi connectivity index (χ2v) is 6.07. The summed E-state index contributed by atoms with van der Waals surface area (Å²) < 4.78 is 10.9. The molecule has 18 heavy (non-hydrogen) atoms. The molecule has 0 aromatic rings. The predicted octanol–water partition coefficient (Wildman–Crippen LogP) is 1.97. The fraction of sp³-hybridized carbons (Fsp3) is 0.929. The molecule has 2 aliphatic rings. The zero-order chi connectivity index (χ0) is 13.2. The van der Waals surface area contributed by atoms with Gasteiger partial charge in [0.15, 0.2) is 0 Å². The molecule has 0 bridgehead atoms. The summed E-state index contributed by atoms with van der Waals surface area (Å²) in [6.07, 6.45) is 5.68. The highest BCUT2D eigenvalue weighted by molar-refractivity contribution is 5.75. The highest BCUT2D eigenvalue weighted by Gasteiger charge is 2.36. The number of piperidine rings is 1. The molecular formula is C14H25NO3. The first kappa shape index (κ1) is 13.8. The van der Waals surface area contributed by atoms with Crippen molar-refractivity contribution in [1.29, 1.82) is 0 Å². The van der Waals surface area contributed by atoms with E-state index >= 15 is 0 Å². The molecule has 0 aromatic carbocycles. The fourth-order valence-electron chi connectivity index (χ4n) is 3.08. The maximum absolute atomic E-state index is 11.8. The summed E-state index contributed by atoms with van der Waals surface area (Å²) in [5.41, 5.74) is 0.00121. The normalized spacial score (nSPS) is 32.4. The van der Waals surface area contributed by atoms with Gasteiger partial charge in [-0.05, 0) is 46.1 Å². The van der Waals surface area contributed by atoms with Gasteiger partial charge in [-0.25, -0.2) is 0 Å². The third-order valence-corrected chi connectivity index (χ3v) is 4.08. The molecule has 0 radical (unpaired) electrons. The predicted molar refractivity (Wildman–Crippen MR) is 69.4 cm³/mol. The second-order valence-electron chi connectivity index (χ2n) is 6.07. The number of methoxy groups -OCH3 is 1. The Hall–Kier alpha value is -0.610. The van der Waals surface area contributed by atoms with Crippen molar-refractivity contribution in [1.82, 2.24) is 4.90 Å². The largest absolute Gasteiger partial charge is 0.468 e. The molecule has 0 aromatic heterocycles. The topological polar surface area (TPSA) is 38.8 Å². The van der Waals surface area contributed by atoms with Crippen LogP contribution in [0.4, 0.5) is 0 Å². The van der Waals surface area contributed by atoms with Crippen LogP contribution in [-0.4, -0.2) is 48.8 Å². The zero-order valence-electron chi connectivity index (χ0n) is 11.8. The molecule has 0 aliphatic carbocycles. The number of likely N-dealkylation sites (tertiary alicyclic amines) is 1. The smallest absolute Gasteiger partial charge is 0.323 e. The van der Waals surface area contributed by atoms with Crippen LogP contribution in [0.25, 0.3) is 0 Å². The minimum atomic E-state index is -0.0908. The van der Waals surface area contributed by atoms with Gasteiger partial charge in [0.2, 0.25) is 0 Å². The third kappa shape index (κ3) is 3.23. The first-order valence-electron chi connectivity index (χ1n) is 7.01. The summed E-state index contributed by atoms with van der Waals surface area (Å²) in [7, 11) is 1.48. The van der Waals surface area contributed by atoms with Gasteiger partial charge in [-0.1, -0.05) is 6.42 Å². The summed E-state index contributed by atoms with van der Waals surface area (Å²) in [4.78, 5) is 14.0. The lowest BCUT2D eigenvalue weighted by molar-refractivity contribution is -0.149. The Morgan fingerprint density at radius 1 is 1.39 bits per heavy atom. The Balaban J connectivity index is 1.92. The molecule has 4 nitrogen and oxygen atoms in total. The van der Waals surface area contributed by atoms with Gasteiger partial charge < -0.3 is 9.47 Å². The van der Waals surface area contributed by atoms with Crippen LogP contribution in [0, 0.1) is 0 Å². The maximum atomic E-state index is 11.8. The van der Waals surface area contributed by atoms with Crippen LogP contribution in [0.2, 0.25) is 0 Å². The van der Waals surface area contributed by atoms with Gasteiger partial charge in [0.25, 0.3) is 0 Å². The Morgan fingerprint density at radius 2 is 2.17 bits per heavy atom. The van der Waals surface area contributed by atoms with E-state index in [1.165, 1.54) is 13.5 Å².